The van der Waals surface area contributed by atoms with E-state index >= 15 is 0 Å². The molecule has 0 saturated carbocycles. The van der Waals surface area contributed by atoms with Crippen molar-refractivity contribution in [3.63, 3.8) is 0 Å². The molecule has 25 heavy (non-hydrogen) atoms. The predicted octanol–water partition coefficient (Wildman–Crippen LogP) is 0.846. The van der Waals surface area contributed by atoms with Crippen LogP contribution in [-0.4, -0.2) is 48.9 Å². The smallest absolute Gasteiger partial charge is 0.295 e. The van der Waals surface area contributed by atoms with Crippen LogP contribution < -0.4 is 4.90 Å². The van der Waals surface area contributed by atoms with E-state index in [1.54, 1.807) is 36.4 Å². The monoisotopic (exact) mass is 341 g/mol. The van der Waals surface area contributed by atoms with Gasteiger partial charge in [0.1, 0.15) is 17.6 Å². The lowest BCUT2D eigenvalue weighted by Gasteiger charge is -2.23. The normalized spacial score (nSPS) is 19.8. The SMILES string of the molecule is C[NH+](C)CCN1C(=O)C(=O)/C(=C(/O)c2ccccc2)[C@@H]1c1ccco1. The Morgan fingerprint density at radius 2 is 1.88 bits per heavy atom. The van der Waals surface area contributed by atoms with Crippen LogP contribution in [-0.2, 0) is 9.59 Å². The molecule has 0 aliphatic carbocycles. The number of likely N-dealkylation sites (N-methyl/N-ethyl adjacent to an activating group) is 1. The number of benzene rings is 1. The maximum atomic E-state index is 12.6. The zero-order valence-electron chi connectivity index (χ0n) is 14.2. The van der Waals surface area contributed by atoms with E-state index in [2.05, 4.69) is 0 Å². The van der Waals surface area contributed by atoms with Gasteiger partial charge in [0.05, 0.1) is 39.0 Å². The van der Waals surface area contributed by atoms with Crippen molar-refractivity contribution in [1.29, 1.82) is 0 Å². The highest BCUT2D eigenvalue weighted by Crippen LogP contribution is 2.39. The molecule has 1 aliphatic rings. The molecular weight excluding hydrogens is 320 g/mol. The van der Waals surface area contributed by atoms with Crippen molar-refractivity contribution in [2.75, 3.05) is 27.2 Å². The average Bonchev–Trinajstić information content (AvgIpc) is 3.21. The highest BCUT2D eigenvalue weighted by Gasteiger charge is 2.47. The number of hydrogen-bond donors (Lipinski definition) is 2. The van der Waals surface area contributed by atoms with Crippen LogP contribution in [0.2, 0.25) is 0 Å². The zero-order valence-corrected chi connectivity index (χ0v) is 14.2. The van der Waals surface area contributed by atoms with E-state index in [0.29, 0.717) is 24.4 Å². The van der Waals surface area contributed by atoms with Crippen LogP contribution in [0.4, 0.5) is 0 Å². The van der Waals surface area contributed by atoms with Crippen LogP contribution in [0.3, 0.4) is 0 Å². The number of aliphatic hydroxyl groups is 1. The molecule has 2 heterocycles. The van der Waals surface area contributed by atoms with Crippen molar-refractivity contribution < 1.29 is 24.0 Å². The number of Topliss-reactive ketones (excluding diaryl/α,β-unsaturated/α-hetero) is 1. The Hall–Kier alpha value is -2.86. The summed E-state index contributed by atoms with van der Waals surface area (Å²) in [5.74, 6) is -1.01. The molecule has 2 N–H and O–H groups in total. The highest BCUT2D eigenvalue weighted by molar-refractivity contribution is 6.46. The largest absolute Gasteiger partial charge is 0.507 e. The summed E-state index contributed by atoms with van der Waals surface area (Å²) in [5.41, 5.74) is 0.565. The van der Waals surface area contributed by atoms with Gasteiger partial charge in [-0.25, -0.2) is 0 Å². The molecule has 1 fully saturated rings. The minimum Gasteiger partial charge on any atom is -0.507 e. The first-order chi connectivity index (χ1) is 12.0. The lowest BCUT2D eigenvalue weighted by atomic mass is 9.99. The Bertz CT molecular complexity index is 794. The van der Waals surface area contributed by atoms with E-state index in [0.717, 1.165) is 4.90 Å². The van der Waals surface area contributed by atoms with Crippen molar-refractivity contribution in [2.24, 2.45) is 0 Å². The van der Waals surface area contributed by atoms with Crippen molar-refractivity contribution in [1.82, 2.24) is 4.90 Å². The van der Waals surface area contributed by atoms with Gasteiger partial charge in [-0.1, -0.05) is 30.3 Å². The number of ketones is 1. The second-order valence-corrected chi connectivity index (χ2v) is 6.33. The van der Waals surface area contributed by atoms with E-state index in [4.69, 9.17) is 4.42 Å². The molecule has 130 valence electrons. The summed E-state index contributed by atoms with van der Waals surface area (Å²) in [6.45, 7) is 1.07. The van der Waals surface area contributed by atoms with Crippen molar-refractivity contribution >= 4 is 17.4 Å². The number of hydrogen-bond acceptors (Lipinski definition) is 4. The number of nitrogens with one attached hydrogen (secondary N) is 1. The van der Waals surface area contributed by atoms with Crippen molar-refractivity contribution in [3.8, 4) is 0 Å². The van der Waals surface area contributed by atoms with E-state index < -0.39 is 17.7 Å². The van der Waals surface area contributed by atoms with Gasteiger partial charge in [-0.2, -0.15) is 0 Å². The Kier molecular flexibility index (Phi) is 4.72. The van der Waals surface area contributed by atoms with Crippen LogP contribution >= 0.6 is 0 Å². The fourth-order valence-corrected chi connectivity index (χ4v) is 2.95. The molecule has 1 saturated heterocycles. The summed E-state index contributed by atoms with van der Waals surface area (Å²) in [4.78, 5) is 27.8. The maximum absolute atomic E-state index is 12.6. The number of nitrogens with zero attached hydrogens (tertiary/aromatic N) is 1. The number of furan rings is 1. The quantitative estimate of drug-likeness (QED) is 0.480. The second-order valence-electron chi connectivity index (χ2n) is 6.33. The van der Waals surface area contributed by atoms with Crippen molar-refractivity contribution in [2.45, 2.75) is 6.04 Å². The number of carbonyl (C=O) groups is 2. The molecule has 1 atom stereocenters. The lowest BCUT2D eigenvalue weighted by Crippen LogP contribution is -3.06. The van der Waals surface area contributed by atoms with Crippen LogP contribution in [0.5, 0.6) is 0 Å². The van der Waals surface area contributed by atoms with Gasteiger partial charge in [0, 0.05) is 5.56 Å². The molecule has 1 amide bonds. The van der Waals surface area contributed by atoms with Crippen molar-refractivity contribution in [3.05, 3.63) is 65.6 Å². The third-order valence-corrected chi connectivity index (χ3v) is 4.25. The van der Waals surface area contributed by atoms with Crippen LogP contribution in [0.15, 0.2) is 58.7 Å². The van der Waals surface area contributed by atoms with Crippen LogP contribution in [0.1, 0.15) is 17.4 Å². The Morgan fingerprint density at radius 3 is 2.48 bits per heavy atom. The van der Waals surface area contributed by atoms with Gasteiger partial charge in [-0.15, -0.1) is 0 Å². The zero-order chi connectivity index (χ0) is 18.0. The first kappa shape index (κ1) is 17.0. The molecule has 6 nitrogen and oxygen atoms in total. The predicted molar refractivity (Wildman–Crippen MR) is 91.8 cm³/mol. The molecule has 6 heteroatoms. The molecule has 1 aromatic carbocycles. The average molecular weight is 341 g/mol. The number of rotatable bonds is 5. The summed E-state index contributed by atoms with van der Waals surface area (Å²) in [7, 11) is 3.95. The molecule has 0 unspecified atom stereocenters. The summed E-state index contributed by atoms with van der Waals surface area (Å²) < 4.78 is 5.47. The lowest BCUT2D eigenvalue weighted by molar-refractivity contribution is -0.857. The molecule has 1 aromatic heterocycles. The van der Waals surface area contributed by atoms with Gasteiger partial charge in [0.15, 0.2) is 0 Å². The number of quaternary nitrogens is 1. The van der Waals surface area contributed by atoms with Gasteiger partial charge < -0.3 is 19.3 Å². The highest BCUT2D eigenvalue weighted by atomic mass is 16.3. The Balaban J connectivity index is 2.09. The number of amides is 1. The van der Waals surface area contributed by atoms with Gasteiger partial charge >= 0.3 is 0 Å². The summed E-state index contributed by atoms with van der Waals surface area (Å²) >= 11 is 0. The van der Waals surface area contributed by atoms with Gasteiger partial charge in [-0.3, -0.25) is 9.59 Å². The van der Waals surface area contributed by atoms with Gasteiger partial charge in [0.25, 0.3) is 11.7 Å². The van der Waals surface area contributed by atoms with E-state index in [9.17, 15) is 14.7 Å². The van der Waals surface area contributed by atoms with Gasteiger partial charge in [-0.05, 0) is 12.1 Å². The van der Waals surface area contributed by atoms with Crippen LogP contribution in [0, 0.1) is 0 Å². The third kappa shape index (κ3) is 3.21. The Morgan fingerprint density at radius 1 is 1.16 bits per heavy atom. The first-order valence-electron chi connectivity index (χ1n) is 8.17. The third-order valence-electron chi connectivity index (χ3n) is 4.25. The minimum atomic E-state index is -0.713. The van der Waals surface area contributed by atoms with E-state index in [-0.39, 0.29) is 11.3 Å². The number of aliphatic hydroxyl groups excluding tert-OH is 1. The number of carbonyl (C=O) groups excluding carboxylic acids is 2. The molecule has 0 radical (unpaired) electrons. The van der Waals surface area contributed by atoms with E-state index in [1.807, 2.05) is 20.2 Å². The van der Waals surface area contributed by atoms with Gasteiger partial charge in [0.2, 0.25) is 0 Å². The van der Waals surface area contributed by atoms with Crippen LogP contribution in [0.25, 0.3) is 5.76 Å². The van der Waals surface area contributed by atoms with E-state index in [1.165, 1.54) is 11.2 Å². The summed E-state index contributed by atoms with van der Waals surface area (Å²) in [6, 6.07) is 11.5. The minimum absolute atomic E-state index is 0.0694. The Labute approximate surface area is 146 Å². The molecular formula is C19H21N2O4+. The molecule has 0 spiro atoms. The second kappa shape index (κ2) is 6.94. The topological polar surface area (TPSA) is 75.2 Å². The molecule has 2 aromatic rings. The fraction of sp³-hybridized carbons (Fsp3) is 0.263. The summed E-state index contributed by atoms with van der Waals surface area (Å²) in [6.07, 6.45) is 1.50. The number of likely N-dealkylation sites (tertiary alicyclic amines) is 1. The maximum Gasteiger partial charge on any atom is 0.295 e. The molecule has 3 rings (SSSR count). The summed E-state index contributed by atoms with van der Waals surface area (Å²) in [5, 5.41) is 10.7. The first-order valence-corrected chi connectivity index (χ1v) is 8.17. The molecule has 1 aliphatic heterocycles. The standard InChI is InChI=1S/C19H20N2O4/c1-20(2)10-11-21-16(14-9-6-12-25-14)15(18(23)19(21)24)17(22)13-7-4-3-5-8-13/h3-9,12,16,22H,10-11H2,1-2H3/p+1/b17-15+/t16-/m0/s1. The fourth-order valence-electron chi connectivity index (χ4n) is 2.95. The molecule has 0 bridgehead atoms.